The van der Waals surface area contributed by atoms with E-state index < -0.39 is 6.08 Å². The smallest absolute Gasteiger partial charge is 0.310 e. The van der Waals surface area contributed by atoms with Crippen LogP contribution in [0.15, 0.2) is 12.3 Å². The Labute approximate surface area is 71.0 Å². The zero-order valence-corrected chi connectivity index (χ0v) is 7.05. The Balaban J connectivity index is 2.41. The van der Waals surface area contributed by atoms with Gasteiger partial charge in [-0.1, -0.05) is 13.3 Å². The van der Waals surface area contributed by atoms with Crippen molar-refractivity contribution in [1.82, 2.24) is 9.97 Å². The van der Waals surface area contributed by atoms with E-state index in [-0.39, 0.29) is 0 Å². The summed E-state index contributed by atoms with van der Waals surface area (Å²) >= 11 is 0. The quantitative estimate of drug-likeness (QED) is 0.552. The van der Waals surface area contributed by atoms with Crippen LogP contribution in [0.25, 0.3) is 0 Å². The highest BCUT2D eigenvalue weighted by Crippen LogP contribution is 2.00. The molecule has 3 nitrogen and oxygen atoms in total. The minimum atomic E-state index is -0.684. The van der Waals surface area contributed by atoms with Gasteiger partial charge in [-0.25, -0.2) is 4.98 Å². The van der Waals surface area contributed by atoms with Gasteiger partial charge in [0.2, 0.25) is 0 Å². The summed E-state index contributed by atoms with van der Waals surface area (Å²) in [5.41, 5.74) is 0. The van der Waals surface area contributed by atoms with Crippen LogP contribution in [0.5, 0.6) is 0 Å². The number of unbranched alkanes of at least 4 members (excludes halogenated alkanes) is 1. The molecule has 0 aliphatic heterocycles. The molecule has 0 spiro atoms. The van der Waals surface area contributed by atoms with Crippen LogP contribution >= 0.6 is 0 Å². The summed E-state index contributed by atoms with van der Waals surface area (Å²) in [7, 11) is 0. The van der Waals surface area contributed by atoms with Crippen LogP contribution in [-0.4, -0.2) is 16.5 Å². The van der Waals surface area contributed by atoms with E-state index >= 15 is 0 Å². The van der Waals surface area contributed by atoms with Crippen LogP contribution in [0, 0.1) is 6.08 Å². The largest absolute Gasteiger partial charge is 0.370 e. The molecule has 0 bridgehead atoms. The van der Waals surface area contributed by atoms with Gasteiger partial charge < -0.3 is 5.32 Å². The second kappa shape index (κ2) is 4.64. The SMILES string of the molecule is CCCCNc1ccnc(F)n1. The fourth-order valence-corrected chi connectivity index (χ4v) is 0.827. The Morgan fingerprint density at radius 2 is 2.42 bits per heavy atom. The number of aromatic nitrogens is 2. The molecule has 0 aliphatic carbocycles. The van der Waals surface area contributed by atoms with Gasteiger partial charge in [-0.2, -0.15) is 9.37 Å². The van der Waals surface area contributed by atoms with E-state index in [4.69, 9.17) is 0 Å². The van der Waals surface area contributed by atoms with Gasteiger partial charge in [0.15, 0.2) is 0 Å². The summed E-state index contributed by atoms with van der Waals surface area (Å²) in [4.78, 5) is 6.91. The van der Waals surface area contributed by atoms with Gasteiger partial charge in [-0.15, -0.1) is 0 Å². The topological polar surface area (TPSA) is 37.8 Å². The molecular formula is C8H12FN3. The first kappa shape index (κ1) is 8.90. The average molecular weight is 169 g/mol. The molecule has 0 amide bonds. The fraction of sp³-hybridized carbons (Fsp3) is 0.500. The lowest BCUT2D eigenvalue weighted by Crippen LogP contribution is -2.04. The molecule has 0 saturated carbocycles. The first-order valence-electron chi connectivity index (χ1n) is 4.05. The van der Waals surface area contributed by atoms with Crippen molar-refractivity contribution in [3.63, 3.8) is 0 Å². The van der Waals surface area contributed by atoms with E-state index in [9.17, 15) is 4.39 Å². The predicted molar refractivity (Wildman–Crippen MR) is 45.4 cm³/mol. The second-order valence-electron chi connectivity index (χ2n) is 2.49. The van der Waals surface area contributed by atoms with Crippen molar-refractivity contribution >= 4 is 5.82 Å². The zero-order chi connectivity index (χ0) is 8.81. The minimum absolute atomic E-state index is 0.552. The van der Waals surface area contributed by atoms with Crippen molar-refractivity contribution < 1.29 is 4.39 Å². The summed E-state index contributed by atoms with van der Waals surface area (Å²) in [6.07, 6.45) is 2.89. The molecule has 4 heteroatoms. The molecular weight excluding hydrogens is 157 g/mol. The molecule has 1 N–H and O–H groups in total. The molecule has 1 aromatic rings. The maximum atomic E-state index is 12.4. The molecule has 0 radical (unpaired) electrons. The number of hydrogen-bond acceptors (Lipinski definition) is 3. The van der Waals surface area contributed by atoms with Gasteiger partial charge in [-0.05, 0) is 12.5 Å². The van der Waals surface area contributed by atoms with Gasteiger partial charge in [0.25, 0.3) is 0 Å². The molecule has 0 saturated heterocycles. The Hall–Kier alpha value is -1.19. The first-order valence-corrected chi connectivity index (χ1v) is 4.05. The highest BCUT2D eigenvalue weighted by Gasteiger charge is 1.94. The van der Waals surface area contributed by atoms with Gasteiger partial charge >= 0.3 is 6.08 Å². The number of halogens is 1. The number of anilines is 1. The number of nitrogens with one attached hydrogen (secondary N) is 1. The Morgan fingerprint density at radius 3 is 3.08 bits per heavy atom. The second-order valence-corrected chi connectivity index (χ2v) is 2.49. The number of hydrogen-bond donors (Lipinski definition) is 1. The maximum Gasteiger partial charge on any atom is 0.310 e. The van der Waals surface area contributed by atoms with Crippen LogP contribution in [0.4, 0.5) is 10.2 Å². The monoisotopic (exact) mass is 169 g/mol. The first-order chi connectivity index (χ1) is 5.83. The van der Waals surface area contributed by atoms with Crippen molar-refractivity contribution in [1.29, 1.82) is 0 Å². The molecule has 0 atom stereocenters. The standard InChI is InChI=1S/C8H12FN3/c1-2-3-5-10-7-4-6-11-8(9)12-7/h4,6H,2-3,5H2,1H3,(H,10,11,12). The lowest BCUT2D eigenvalue weighted by Gasteiger charge is -2.02. The Morgan fingerprint density at radius 1 is 1.58 bits per heavy atom. The minimum Gasteiger partial charge on any atom is -0.370 e. The highest BCUT2D eigenvalue weighted by molar-refractivity contribution is 5.31. The van der Waals surface area contributed by atoms with Crippen LogP contribution < -0.4 is 5.32 Å². The third kappa shape index (κ3) is 2.82. The van der Waals surface area contributed by atoms with Crippen LogP contribution in [0.3, 0.4) is 0 Å². The predicted octanol–water partition coefficient (Wildman–Crippen LogP) is 1.83. The molecule has 0 unspecified atom stereocenters. The van der Waals surface area contributed by atoms with E-state index in [1.54, 1.807) is 6.07 Å². The highest BCUT2D eigenvalue weighted by atomic mass is 19.1. The fourth-order valence-electron chi connectivity index (χ4n) is 0.827. The third-order valence-corrected chi connectivity index (χ3v) is 1.46. The lowest BCUT2D eigenvalue weighted by molar-refractivity contribution is 0.540. The summed E-state index contributed by atoms with van der Waals surface area (Å²) < 4.78 is 12.4. The van der Waals surface area contributed by atoms with Crippen LogP contribution in [0.2, 0.25) is 0 Å². The third-order valence-electron chi connectivity index (χ3n) is 1.46. The molecule has 0 aromatic carbocycles. The van der Waals surface area contributed by atoms with Gasteiger partial charge in [-0.3, -0.25) is 0 Å². The van der Waals surface area contributed by atoms with Crippen molar-refractivity contribution in [2.24, 2.45) is 0 Å². The number of rotatable bonds is 4. The van der Waals surface area contributed by atoms with Gasteiger partial charge in [0.1, 0.15) is 5.82 Å². The summed E-state index contributed by atoms with van der Waals surface area (Å²) in [6, 6.07) is 1.65. The Kier molecular flexibility index (Phi) is 3.44. The molecule has 1 heterocycles. The van der Waals surface area contributed by atoms with Crippen molar-refractivity contribution in [3.8, 4) is 0 Å². The van der Waals surface area contributed by atoms with E-state index in [0.717, 1.165) is 19.4 Å². The summed E-state index contributed by atoms with van der Waals surface area (Å²) in [6.45, 7) is 2.93. The normalized spacial score (nSPS) is 9.83. The molecule has 1 aromatic heterocycles. The van der Waals surface area contributed by atoms with Gasteiger partial charge in [0, 0.05) is 12.7 Å². The Bertz CT molecular complexity index is 239. The van der Waals surface area contributed by atoms with Crippen molar-refractivity contribution in [2.75, 3.05) is 11.9 Å². The van der Waals surface area contributed by atoms with E-state index in [1.807, 2.05) is 0 Å². The summed E-state index contributed by atoms with van der Waals surface area (Å²) in [5, 5.41) is 3.00. The molecule has 12 heavy (non-hydrogen) atoms. The van der Waals surface area contributed by atoms with Gasteiger partial charge in [0.05, 0.1) is 0 Å². The van der Waals surface area contributed by atoms with Crippen molar-refractivity contribution in [3.05, 3.63) is 18.3 Å². The zero-order valence-electron chi connectivity index (χ0n) is 7.05. The molecule has 0 aliphatic rings. The maximum absolute atomic E-state index is 12.4. The van der Waals surface area contributed by atoms with Crippen LogP contribution in [0.1, 0.15) is 19.8 Å². The van der Waals surface area contributed by atoms with Crippen LogP contribution in [-0.2, 0) is 0 Å². The van der Waals surface area contributed by atoms with E-state index in [2.05, 4.69) is 22.2 Å². The average Bonchev–Trinajstić information content (AvgIpc) is 2.05. The molecule has 66 valence electrons. The molecule has 0 fully saturated rings. The summed E-state index contributed by atoms with van der Waals surface area (Å²) in [5.74, 6) is 0.552. The lowest BCUT2D eigenvalue weighted by atomic mass is 10.3. The van der Waals surface area contributed by atoms with E-state index in [1.165, 1.54) is 6.20 Å². The van der Waals surface area contributed by atoms with E-state index in [0.29, 0.717) is 5.82 Å². The number of nitrogens with zero attached hydrogens (tertiary/aromatic N) is 2. The van der Waals surface area contributed by atoms with Crippen molar-refractivity contribution in [2.45, 2.75) is 19.8 Å². The molecule has 1 rings (SSSR count).